The van der Waals surface area contributed by atoms with E-state index in [1.165, 1.54) is 16.3 Å². The van der Waals surface area contributed by atoms with Gasteiger partial charge in [0, 0.05) is 4.90 Å². The Morgan fingerprint density at radius 2 is 1.75 bits per heavy atom. The summed E-state index contributed by atoms with van der Waals surface area (Å²) in [6, 6.07) is 7.41. The molecule has 24 heavy (non-hydrogen) atoms. The Morgan fingerprint density at radius 1 is 1.17 bits per heavy atom. The first-order chi connectivity index (χ1) is 11.3. The highest BCUT2D eigenvalue weighted by molar-refractivity contribution is 7.98. The van der Waals surface area contributed by atoms with Crippen LogP contribution in [0.4, 0.5) is 0 Å². The highest BCUT2D eigenvalue weighted by Gasteiger charge is 2.59. The van der Waals surface area contributed by atoms with Crippen LogP contribution in [-0.4, -0.2) is 21.0 Å². The van der Waals surface area contributed by atoms with E-state index >= 15 is 0 Å². The minimum absolute atomic E-state index is 0.0187. The van der Waals surface area contributed by atoms with Crippen LogP contribution in [0.2, 0.25) is 0 Å². The van der Waals surface area contributed by atoms with Gasteiger partial charge in [0.1, 0.15) is 6.07 Å². The Morgan fingerprint density at radius 3 is 2.25 bits per heavy atom. The maximum atomic E-state index is 10.8. The Kier molecular flexibility index (Phi) is 3.03. The van der Waals surface area contributed by atoms with E-state index in [2.05, 4.69) is 6.07 Å². The van der Waals surface area contributed by atoms with Crippen LogP contribution in [0.25, 0.3) is 5.69 Å². The predicted molar refractivity (Wildman–Crippen MR) is 90.6 cm³/mol. The number of ether oxygens (including phenoxy) is 1. The molecule has 0 saturated carbocycles. The third kappa shape index (κ3) is 1.74. The molecule has 0 radical (unpaired) electrons. The van der Waals surface area contributed by atoms with Gasteiger partial charge in [-0.2, -0.15) is 5.26 Å². The van der Waals surface area contributed by atoms with Crippen LogP contribution in [0.3, 0.4) is 0 Å². The van der Waals surface area contributed by atoms with Gasteiger partial charge < -0.3 is 14.9 Å². The fourth-order valence-corrected chi connectivity index (χ4v) is 4.71. The van der Waals surface area contributed by atoms with Crippen molar-refractivity contribution in [2.45, 2.75) is 42.8 Å². The van der Waals surface area contributed by atoms with Crippen molar-refractivity contribution in [3.8, 4) is 23.5 Å². The molecule has 124 valence electrons. The molecule has 0 unspecified atom stereocenters. The second-order valence-corrected chi connectivity index (χ2v) is 7.64. The average molecular weight is 342 g/mol. The van der Waals surface area contributed by atoms with Crippen molar-refractivity contribution in [1.82, 2.24) is 4.57 Å². The highest BCUT2D eigenvalue weighted by atomic mass is 32.2. The minimum Gasteiger partial charge on any atom is -0.494 e. The number of nitrogens with zero attached hydrogens (tertiary/aromatic N) is 2. The van der Waals surface area contributed by atoms with Crippen LogP contribution in [0.1, 0.15) is 43.4 Å². The number of hydrogen-bond acceptors (Lipinski definition) is 5. The Balaban J connectivity index is 1.96. The van der Waals surface area contributed by atoms with E-state index in [-0.39, 0.29) is 11.8 Å². The topological polar surface area (TPSA) is 78.4 Å². The summed E-state index contributed by atoms with van der Waals surface area (Å²) in [7, 11) is 0. The van der Waals surface area contributed by atoms with Crippen molar-refractivity contribution >= 4 is 11.8 Å². The zero-order chi connectivity index (χ0) is 17.3. The first-order valence-corrected chi connectivity index (χ1v) is 9.03. The Hall–Kier alpha value is -2.10. The maximum Gasteiger partial charge on any atom is 0.205 e. The van der Waals surface area contributed by atoms with Crippen LogP contribution in [-0.2, 0) is 15.9 Å². The number of hydrogen-bond donors (Lipinski definition) is 2. The van der Waals surface area contributed by atoms with Gasteiger partial charge in [-0.25, -0.2) is 0 Å². The molecule has 2 bridgehead atoms. The quantitative estimate of drug-likeness (QED) is 0.813. The molecule has 0 aliphatic carbocycles. The number of rotatable bonds is 2. The predicted octanol–water partition coefficient (Wildman–Crippen LogP) is 3.74. The molecule has 3 heterocycles. The van der Waals surface area contributed by atoms with E-state index in [9.17, 15) is 15.5 Å². The van der Waals surface area contributed by atoms with Crippen molar-refractivity contribution in [3.05, 3.63) is 34.9 Å². The Labute approximate surface area is 144 Å². The van der Waals surface area contributed by atoms with Crippen LogP contribution < -0.4 is 0 Å². The van der Waals surface area contributed by atoms with Crippen LogP contribution >= 0.6 is 11.8 Å². The molecule has 0 amide bonds. The number of aromatic nitrogens is 1. The molecule has 2 aliphatic heterocycles. The number of fused-ring (bicyclic) bond motifs is 5. The van der Waals surface area contributed by atoms with E-state index in [4.69, 9.17) is 4.74 Å². The van der Waals surface area contributed by atoms with Crippen LogP contribution in [0.5, 0.6) is 11.8 Å². The van der Waals surface area contributed by atoms with E-state index in [1.54, 1.807) is 12.1 Å². The summed E-state index contributed by atoms with van der Waals surface area (Å²) < 4.78 is 7.57. The lowest BCUT2D eigenvalue weighted by atomic mass is 9.80. The highest BCUT2D eigenvalue weighted by Crippen LogP contribution is 2.64. The maximum absolute atomic E-state index is 10.8. The van der Waals surface area contributed by atoms with Gasteiger partial charge in [-0.15, -0.1) is 11.8 Å². The van der Waals surface area contributed by atoms with Gasteiger partial charge in [0.05, 0.1) is 33.6 Å². The van der Waals surface area contributed by atoms with E-state index in [1.807, 2.05) is 26.2 Å². The lowest BCUT2D eigenvalue weighted by Gasteiger charge is -2.21. The second kappa shape index (κ2) is 4.71. The number of aromatic hydroxyl groups is 2. The minimum atomic E-state index is -0.564. The number of benzene rings is 1. The van der Waals surface area contributed by atoms with E-state index in [0.717, 1.165) is 17.7 Å². The van der Waals surface area contributed by atoms with Crippen molar-refractivity contribution in [3.63, 3.8) is 0 Å². The molecule has 1 aromatic heterocycles. The van der Waals surface area contributed by atoms with Crippen LogP contribution in [0, 0.1) is 11.3 Å². The molecular weight excluding hydrogens is 324 g/mol. The molecule has 4 rings (SSSR count). The van der Waals surface area contributed by atoms with Crippen molar-refractivity contribution < 1.29 is 14.9 Å². The lowest BCUT2D eigenvalue weighted by Crippen LogP contribution is -2.17. The molecule has 1 aromatic carbocycles. The van der Waals surface area contributed by atoms with E-state index < -0.39 is 11.2 Å². The van der Waals surface area contributed by atoms with Gasteiger partial charge >= 0.3 is 0 Å². The molecule has 1 saturated heterocycles. The smallest absolute Gasteiger partial charge is 0.205 e. The van der Waals surface area contributed by atoms with Gasteiger partial charge in [0.15, 0.2) is 0 Å². The molecule has 2 N–H and O–H groups in total. The average Bonchev–Trinajstić information content (AvgIpc) is 3.11. The molecular formula is C18H18N2O3S. The summed E-state index contributed by atoms with van der Waals surface area (Å²) in [5.74, 6) is 0.0374. The molecule has 2 aromatic rings. The van der Waals surface area contributed by atoms with Gasteiger partial charge in [-0.3, -0.25) is 4.57 Å². The second-order valence-electron chi connectivity index (χ2n) is 6.79. The standard InChI is InChI=1S/C18H18N2O3S/c1-17-6-7-18(2,23-17)14-13(17)15(21)20(16(14)22)11-5-4-10(9-19)12(8-11)24-3/h4-5,8,21-22H,6-7H2,1-3H3/t17-,18+. The van der Waals surface area contributed by atoms with Crippen molar-refractivity contribution in [1.29, 1.82) is 5.26 Å². The molecule has 1 fully saturated rings. The molecule has 6 heteroatoms. The third-order valence-electron chi connectivity index (χ3n) is 5.27. The normalized spacial score (nSPS) is 27.2. The Bertz CT molecular complexity index is 874. The molecule has 0 spiro atoms. The fourth-order valence-electron chi connectivity index (χ4n) is 4.13. The van der Waals surface area contributed by atoms with E-state index in [0.29, 0.717) is 22.4 Å². The lowest BCUT2D eigenvalue weighted by molar-refractivity contribution is -0.0683. The zero-order valence-electron chi connectivity index (χ0n) is 13.8. The third-order valence-corrected chi connectivity index (χ3v) is 6.05. The van der Waals surface area contributed by atoms with Gasteiger partial charge in [0.25, 0.3) is 0 Å². The molecule has 2 atom stereocenters. The zero-order valence-corrected chi connectivity index (χ0v) is 14.6. The van der Waals surface area contributed by atoms with Crippen LogP contribution in [0.15, 0.2) is 23.1 Å². The SMILES string of the molecule is CSc1cc(-n2c(O)c3c(c2O)[C@]2(C)CC[C@@]3(C)O2)ccc1C#N. The molecule has 5 nitrogen and oxygen atoms in total. The van der Waals surface area contributed by atoms with Gasteiger partial charge in [-0.1, -0.05) is 0 Å². The summed E-state index contributed by atoms with van der Waals surface area (Å²) >= 11 is 1.46. The van der Waals surface area contributed by atoms with Crippen molar-refractivity contribution in [2.24, 2.45) is 0 Å². The van der Waals surface area contributed by atoms with Crippen molar-refractivity contribution in [2.75, 3.05) is 6.26 Å². The summed E-state index contributed by atoms with van der Waals surface area (Å²) in [4.78, 5) is 0.805. The summed E-state index contributed by atoms with van der Waals surface area (Å²) in [6.07, 6.45) is 3.53. The first-order valence-electron chi connectivity index (χ1n) is 7.81. The fraction of sp³-hybridized carbons (Fsp3) is 0.389. The van der Waals surface area contributed by atoms with Gasteiger partial charge in [0.2, 0.25) is 11.8 Å². The number of nitriles is 1. The monoisotopic (exact) mass is 342 g/mol. The van der Waals surface area contributed by atoms with Gasteiger partial charge in [-0.05, 0) is 51.1 Å². The summed E-state index contributed by atoms with van der Waals surface area (Å²) in [5.41, 5.74) is 1.45. The number of thioether (sulfide) groups is 1. The summed E-state index contributed by atoms with van der Waals surface area (Å²) in [6.45, 7) is 3.92. The largest absolute Gasteiger partial charge is 0.494 e. The molecule has 2 aliphatic rings. The summed E-state index contributed by atoms with van der Waals surface area (Å²) in [5, 5.41) is 30.8. The first kappa shape index (κ1) is 15.4.